The van der Waals surface area contributed by atoms with Gasteiger partial charge in [-0.05, 0) is 26.0 Å². The summed E-state index contributed by atoms with van der Waals surface area (Å²) in [6.45, 7) is 4.73. The predicted molar refractivity (Wildman–Crippen MR) is 63.5 cm³/mol. The minimum atomic E-state index is 0.649. The first-order chi connectivity index (χ1) is 7.75. The molecule has 0 saturated carbocycles. The SMILES string of the molecule is Cc1cc2c(c(C)n1)-c1ccccc1OC2. The van der Waals surface area contributed by atoms with Crippen LogP contribution >= 0.6 is 0 Å². The summed E-state index contributed by atoms with van der Waals surface area (Å²) in [5.74, 6) is 0.962. The van der Waals surface area contributed by atoms with E-state index in [0.29, 0.717) is 6.61 Å². The lowest BCUT2D eigenvalue weighted by molar-refractivity contribution is 0.302. The molecule has 2 heteroatoms. The quantitative estimate of drug-likeness (QED) is 0.667. The zero-order valence-electron chi connectivity index (χ0n) is 9.45. The maximum Gasteiger partial charge on any atom is 0.127 e. The fraction of sp³-hybridized carbons (Fsp3) is 0.214. The van der Waals surface area contributed by atoms with Gasteiger partial charge in [-0.25, -0.2) is 0 Å². The van der Waals surface area contributed by atoms with Crippen LogP contribution in [0.2, 0.25) is 0 Å². The number of pyridine rings is 1. The highest BCUT2D eigenvalue weighted by atomic mass is 16.5. The molecule has 1 aromatic carbocycles. The number of para-hydroxylation sites is 1. The molecule has 0 radical (unpaired) electrons. The van der Waals surface area contributed by atoms with Gasteiger partial charge in [-0.3, -0.25) is 4.98 Å². The van der Waals surface area contributed by atoms with Gasteiger partial charge in [0.05, 0.1) is 0 Å². The molecule has 2 heterocycles. The number of fused-ring (bicyclic) bond motifs is 3. The molecule has 1 aliphatic rings. The second-order valence-corrected chi connectivity index (χ2v) is 4.17. The number of aromatic nitrogens is 1. The maximum atomic E-state index is 5.73. The number of nitrogens with zero attached hydrogens (tertiary/aromatic N) is 1. The second kappa shape index (κ2) is 3.34. The van der Waals surface area contributed by atoms with Crippen molar-refractivity contribution in [3.8, 4) is 16.9 Å². The summed E-state index contributed by atoms with van der Waals surface area (Å²) in [5.41, 5.74) is 5.79. The van der Waals surface area contributed by atoms with Crippen LogP contribution < -0.4 is 4.74 Å². The molecule has 2 aromatic rings. The van der Waals surface area contributed by atoms with Crippen molar-refractivity contribution in [2.45, 2.75) is 20.5 Å². The molecule has 0 saturated heterocycles. The van der Waals surface area contributed by atoms with Crippen molar-refractivity contribution in [2.24, 2.45) is 0 Å². The van der Waals surface area contributed by atoms with Gasteiger partial charge in [-0.2, -0.15) is 0 Å². The van der Waals surface area contributed by atoms with Gasteiger partial charge in [0.2, 0.25) is 0 Å². The lowest BCUT2D eigenvalue weighted by Gasteiger charge is -2.22. The van der Waals surface area contributed by atoms with E-state index in [1.165, 1.54) is 11.1 Å². The van der Waals surface area contributed by atoms with E-state index in [-0.39, 0.29) is 0 Å². The van der Waals surface area contributed by atoms with Crippen LogP contribution in [0.1, 0.15) is 17.0 Å². The molecule has 0 atom stereocenters. The van der Waals surface area contributed by atoms with Crippen LogP contribution in [-0.2, 0) is 6.61 Å². The summed E-state index contributed by atoms with van der Waals surface area (Å²) < 4.78 is 5.73. The smallest absolute Gasteiger partial charge is 0.127 e. The van der Waals surface area contributed by atoms with E-state index in [1.807, 2.05) is 25.1 Å². The molecule has 16 heavy (non-hydrogen) atoms. The topological polar surface area (TPSA) is 22.1 Å². The van der Waals surface area contributed by atoms with Crippen molar-refractivity contribution < 1.29 is 4.74 Å². The lowest BCUT2D eigenvalue weighted by Crippen LogP contribution is -2.08. The van der Waals surface area contributed by atoms with E-state index in [4.69, 9.17) is 4.74 Å². The van der Waals surface area contributed by atoms with Crippen molar-refractivity contribution in [1.82, 2.24) is 4.98 Å². The largest absolute Gasteiger partial charge is 0.488 e. The number of ether oxygens (including phenoxy) is 1. The summed E-state index contributed by atoms with van der Waals surface area (Å²) in [5, 5.41) is 0. The Morgan fingerprint density at radius 3 is 2.88 bits per heavy atom. The van der Waals surface area contributed by atoms with Gasteiger partial charge in [0.25, 0.3) is 0 Å². The third-order valence-corrected chi connectivity index (χ3v) is 2.95. The van der Waals surface area contributed by atoms with E-state index >= 15 is 0 Å². The van der Waals surface area contributed by atoms with Gasteiger partial charge in [0.1, 0.15) is 12.4 Å². The molecule has 1 aromatic heterocycles. The number of rotatable bonds is 0. The van der Waals surface area contributed by atoms with Crippen molar-refractivity contribution in [3.63, 3.8) is 0 Å². The molecule has 0 aliphatic carbocycles. The number of hydrogen-bond acceptors (Lipinski definition) is 2. The van der Waals surface area contributed by atoms with Crippen LogP contribution in [0, 0.1) is 13.8 Å². The van der Waals surface area contributed by atoms with Gasteiger partial charge < -0.3 is 4.74 Å². The first-order valence-corrected chi connectivity index (χ1v) is 5.45. The van der Waals surface area contributed by atoms with Crippen LogP contribution in [0.5, 0.6) is 5.75 Å². The first-order valence-electron chi connectivity index (χ1n) is 5.45. The highest BCUT2D eigenvalue weighted by Gasteiger charge is 2.19. The van der Waals surface area contributed by atoms with Crippen molar-refractivity contribution in [2.75, 3.05) is 0 Å². The van der Waals surface area contributed by atoms with E-state index < -0.39 is 0 Å². The normalized spacial score (nSPS) is 12.6. The molecule has 0 fully saturated rings. The summed E-state index contributed by atoms with van der Waals surface area (Å²) in [7, 11) is 0. The molecule has 3 rings (SSSR count). The van der Waals surface area contributed by atoms with E-state index in [9.17, 15) is 0 Å². The summed E-state index contributed by atoms with van der Waals surface area (Å²) >= 11 is 0. The molecular weight excluding hydrogens is 198 g/mol. The third-order valence-electron chi connectivity index (χ3n) is 2.95. The van der Waals surface area contributed by atoms with Crippen molar-refractivity contribution in [1.29, 1.82) is 0 Å². The van der Waals surface area contributed by atoms with Crippen molar-refractivity contribution in [3.05, 3.63) is 47.3 Å². The highest BCUT2D eigenvalue weighted by Crippen LogP contribution is 2.38. The van der Waals surface area contributed by atoms with Gasteiger partial charge >= 0.3 is 0 Å². The fourth-order valence-corrected chi connectivity index (χ4v) is 2.35. The van der Waals surface area contributed by atoms with Crippen LogP contribution in [0.4, 0.5) is 0 Å². The Kier molecular flexibility index (Phi) is 1.96. The monoisotopic (exact) mass is 211 g/mol. The van der Waals surface area contributed by atoms with Gasteiger partial charge in [-0.1, -0.05) is 18.2 Å². The third kappa shape index (κ3) is 1.30. The second-order valence-electron chi connectivity index (χ2n) is 4.17. The molecule has 80 valence electrons. The Morgan fingerprint density at radius 2 is 2.00 bits per heavy atom. The van der Waals surface area contributed by atoms with Crippen molar-refractivity contribution >= 4 is 0 Å². The van der Waals surface area contributed by atoms with Crippen LogP contribution in [0.3, 0.4) is 0 Å². The molecule has 1 aliphatic heterocycles. The first kappa shape index (κ1) is 9.40. The summed E-state index contributed by atoms with van der Waals surface area (Å²) in [6.07, 6.45) is 0. The molecular formula is C14H13NO. The average molecular weight is 211 g/mol. The Balaban J connectivity index is 2.32. The lowest BCUT2D eigenvalue weighted by atomic mass is 9.95. The molecule has 0 unspecified atom stereocenters. The van der Waals surface area contributed by atoms with Crippen LogP contribution in [0.15, 0.2) is 30.3 Å². The zero-order chi connectivity index (χ0) is 11.1. The standard InChI is InChI=1S/C14H13NO/c1-9-7-11-8-16-13-6-4-3-5-12(13)14(11)10(2)15-9/h3-7H,8H2,1-2H3. The highest BCUT2D eigenvalue weighted by molar-refractivity contribution is 5.76. The van der Waals surface area contributed by atoms with Gasteiger partial charge in [0, 0.05) is 28.1 Å². The summed E-state index contributed by atoms with van der Waals surface area (Å²) in [6, 6.07) is 10.3. The average Bonchev–Trinajstić information content (AvgIpc) is 2.28. The predicted octanol–water partition coefficient (Wildman–Crippen LogP) is 3.26. The number of hydrogen-bond donors (Lipinski definition) is 0. The Bertz CT molecular complexity index is 561. The fourth-order valence-electron chi connectivity index (χ4n) is 2.35. The summed E-state index contributed by atoms with van der Waals surface area (Å²) in [4.78, 5) is 4.53. The minimum absolute atomic E-state index is 0.649. The van der Waals surface area contributed by atoms with E-state index in [2.05, 4.69) is 24.0 Å². The van der Waals surface area contributed by atoms with Crippen LogP contribution in [-0.4, -0.2) is 4.98 Å². The number of benzene rings is 1. The van der Waals surface area contributed by atoms with Crippen LogP contribution in [0.25, 0.3) is 11.1 Å². The van der Waals surface area contributed by atoms with E-state index in [1.54, 1.807) is 0 Å². The molecule has 2 nitrogen and oxygen atoms in total. The Morgan fingerprint density at radius 1 is 1.19 bits per heavy atom. The Labute approximate surface area is 94.9 Å². The Hall–Kier alpha value is -1.83. The van der Waals surface area contributed by atoms with Gasteiger partial charge in [-0.15, -0.1) is 0 Å². The van der Waals surface area contributed by atoms with E-state index in [0.717, 1.165) is 22.7 Å². The molecule has 0 spiro atoms. The molecule has 0 bridgehead atoms. The number of aryl methyl sites for hydroxylation is 2. The molecule has 0 N–H and O–H groups in total. The maximum absolute atomic E-state index is 5.73. The van der Waals surface area contributed by atoms with Gasteiger partial charge in [0.15, 0.2) is 0 Å². The zero-order valence-corrected chi connectivity index (χ0v) is 9.45. The minimum Gasteiger partial charge on any atom is -0.488 e. The molecule has 0 amide bonds.